The van der Waals surface area contributed by atoms with Crippen molar-refractivity contribution in [3.8, 4) is 11.8 Å². The van der Waals surface area contributed by atoms with E-state index in [0.29, 0.717) is 5.56 Å². The summed E-state index contributed by atoms with van der Waals surface area (Å²) < 4.78 is 7.38. The average molecular weight is 254 g/mol. The standard InChI is InChI=1S/C14H14N4O/c1-19-12-3-2-11(9-15)13(8-12)18-7-6-17-5-4-16-14(17)10-18/h2-5,8H,6-7,10H2,1H3. The number of hydrogen-bond donors (Lipinski definition) is 0. The topological polar surface area (TPSA) is 54.1 Å². The van der Waals surface area contributed by atoms with E-state index in [0.717, 1.165) is 36.9 Å². The zero-order valence-electron chi connectivity index (χ0n) is 10.7. The Balaban J connectivity index is 1.97. The van der Waals surface area contributed by atoms with Crippen LogP contribution in [0.4, 0.5) is 5.69 Å². The van der Waals surface area contributed by atoms with Crippen LogP contribution in [0.1, 0.15) is 11.4 Å². The molecule has 1 aromatic heterocycles. The molecule has 0 aliphatic carbocycles. The second-order valence-electron chi connectivity index (χ2n) is 4.45. The second-order valence-corrected chi connectivity index (χ2v) is 4.45. The van der Waals surface area contributed by atoms with E-state index in [4.69, 9.17) is 4.74 Å². The number of anilines is 1. The number of imidazole rings is 1. The van der Waals surface area contributed by atoms with E-state index in [9.17, 15) is 5.26 Å². The minimum Gasteiger partial charge on any atom is -0.497 e. The number of hydrogen-bond acceptors (Lipinski definition) is 4. The van der Waals surface area contributed by atoms with Gasteiger partial charge in [0.15, 0.2) is 0 Å². The Bertz CT molecular complexity index is 641. The molecule has 0 atom stereocenters. The van der Waals surface area contributed by atoms with Gasteiger partial charge in [-0.05, 0) is 12.1 Å². The van der Waals surface area contributed by atoms with Gasteiger partial charge >= 0.3 is 0 Å². The van der Waals surface area contributed by atoms with Gasteiger partial charge in [-0.15, -0.1) is 0 Å². The molecule has 0 unspecified atom stereocenters. The molecule has 96 valence electrons. The van der Waals surface area contributed by atoms with Crippen molar-refractivity contribution < 1.29 is 4.74 Å². The van der Waals surface area contributed by atoms with Crippen molar-refractivity contribution in [3.05, 3.63) is 42.0 Å². The van der Waals surface area contributed by atoms with Crippen LogP contribution in [0.2, 0.25) is 0 Å². The highest BCUT2D eigenvalue weighted by Crippen LogP contribution is 2.28. The van der Waals surface area contributed by atoms with Gasteiger partial charge in [-0.1, -0.05) is 0 Å². The first kappa shape index (κ1) is 11.6. The van der Waals surface area contributed by atoms with E-state index in [-0.39, 0.29) is 0 Å². The molecule has 0 saturated heterocycles. The van der Waals surface area contributed by atoms with E-state index in [1.54, 1.807) is 13.2 Å². The summed E-state index contributed by atoms with van der Waals surface area (Å²) in [5.41, 5.74) is 1.58. The summed E-state index contributed by atoms with van der Waals surface area (Å²) in [6.07, 6.45) is 3.80. The number of aromatic nitrogens is 2. The zero-order chi connectivity index (χ0) is 13.2. The molecule has 0 bridgehead atoms. The molecular weight excluding hydrogens is 240 g/mol. The Morgan fingerprint density at radius 2 is 2.26 bits per heavy atom. The van der Waals surface area contributed by atoms with Crippen molar-refractivity contribution in [2.24, 2.45) is 0 Å². The summed E-state index contributed by atoms with van der Waals surface area (Å²) >= 11 is 0. The maximum Gasteiger partial charge on any atom is 0.128 e. The lowest BCUT2D eigenvalue weighted by molar-refractivity contribution is 0.414. The van der Waals surface area contributed by atoms with Gasteiger partial charge in [-0.25, -0.2) is 4.98 Å². The van der Waals surface area contributed by atoms with Crippen LogP contribution in [0, 0.1) is 11.3 Å². The number of methoxy groups -OCH3 is 1. The molecule has 5 nitrogen and oxygen atoms in total. The molecule has 0 spiro atoms. The van der Waals surface area contributed by atoms with E-state index in [1.807, 2.05) is 24.5 Å². The lowest BCUT2D eigenvalue weighted by Gasteiger charge is -2.30. The largest absolute Gasteiger partial charge is 0.497 e. The third-order valence-corrected chi connectivity index (χ3v) is 3.41. The summed E-state index contributed by atoms with van der Waals surface area (Å²) in [5, 5.41) is 9.23. The maximum atomic E-state index is 9.23. The Kier molecular flexibility index (Phi) is 2.84. The summed E-state index contributed by atoms with van der Waals surface area (Å²) in [5.74, 6) is 1.79. The fourth-order valence-electron chi connectivity index (χ4n) is 2.37. The molecule has 19 heavy (non-hydrogen) atoms. The number of fused-ring (bicyclic) bond motifs is 1. The molecule has 0 fully saturated rings. The van der Waals surface area contributed by atoms with Crippen molar-refractivity contribution in [1.29, 1.82) is 5.26 Å². The number of benzene rings is 1. The van der Waals surface area contributed by atoms with E-state index in [1.165, 1.54) is 0 Å². The third-order valence-electron chi connectivity index (χ3n) is 3.41. The first-order valence-corrected chi connectivity index (χ1v) is 6.15. The van der Waals surface area contributed by atoms with Crippen LogP contribution in [0.15, 0.2) is 30.6 Å². The molecule has 0 amide bonds. The summed E-state index contributed by atoms with van der Waals surface area (Å²) in [4.78, 5) is 6.51. The van der Waals surface area contributed by atoms with E-state index < -0.39 is 0 Å². The SMILES string of the molecule is COc1ccc(C#N)c(N2CCn3ccnc3C2)c1. The van der Waals surface area contributed by atoms with Crippen LogP contribution in [0.3, 0.4) is 0 Å². The molecule has 2 heterocycles. The lowest BCUT2D eigenvalue weighted by atomic mass is 10.1. The highest BCUT2D eigenvalue weighted by Gasteiger charge is 2.19. The monoisotopic (exact) mass is 254 g/mol. The predicted molar refractivity (Wildman–Crippen MR) is 71.0 cm³/mol. The van der Waals surface area contributed by atoms with Gasteiger partial charge in [0, 0.05) is 31.5 Å². The molecular formula is C14H14N4O. The van der Waals surface area contributed by atoms with Crippen LogP contribution in [-0.4, -0.2) is 23.2 Å². The van der Waals surface area contributed by atoms with Crippen LogP contribution < -0.4 is 9.64 Å². The highest BCUT2D eigenvalue weighted by molar-refractivity contribution is 5.62. The van der Waals surface area contributed by atoms with E-state index in [2.05, 4.69) is 20.5 Å². The number of nitrogens with zero attached hydrogens (tertiary/aromatic N) is 4. The van der Waals surface area contributed by atoms with Gasteiger partial charge in [0.25, 0.3) is 0 Å². The molecule has 0 radical (unpaired) electrons. The molecule has 3 rings (SSSR count). The van der Waals surface area contributed by atoms with E-state index >= 15 is 0 Å². The maximum absolute atomic E-state index is 9.23. The smallest absolute Gasteiger partial charge is 0.128 e. The molecule has 0 N–H and O–H groups in total. The molecule has 1 aliphatic rings. The lowest BCUT2D eigenvalue weighted by Crippen LogP contribution is -2.34. The van der Waals surface area contributed by atoms with Gasteiger partial charge in [0.05, 0.1) is 24.9 Å². The first-order chi connectivity index (χ1) is 9.31. The van der Waals surface area contributed by atoms with Crippen LogP contribution in [0.25, 0.3) is 0 Å². The van der Waals surface area contributed by atoms with Crippen molar-refractivity contribution in [1.82, 2.24) is 9.55 Å². The summed E-state index contributed by atoms with van der Waals surface area (Å²) in [6.45, 7) is 2.47. The third kappa shape index (κ3) is 2.02. The Morgan fingerprint density at radius 1 is 1.37 bits per heavy atom. The van der Waals surface area contributed by atoms with Crippen LogP contribution in [-0.2, 0) is 13.1 Å². The van der Waals surface area contributed by atoms with Crippen LogP contribution in [0.5, 0.6) is 5.75 Å². The molecule has 0 saturated carbocycles. The Morgan fingerprint density at radius 3 is 3.05 bits per heavy atom. The molecule has 2 aromatic rings. The van der Waals surface area contributed by atoms with Gasteiger partial charge in [-0.2, -0.15) is 5.26 Å². The molecule has 1 aliphatic heterocycles. The first-order valence-electron chi connectivity index (χ1n) is 6.15. The van der Waals surface area contributed by atoms with Gasteiger partial charge < -0.3 is 14.2 Å². The summed E-state index contributed by atoms with van der Waals surface area (Å²) in [6, 6.07) is 7.76. The van der Waals surface area contributed by atoms with Crippen molar-refractivity contribution in [2.75, 3.05) is 18.6 Å². The quantitative estimate of drug-likeness (QED) is 0.819. The highest BCUT2D eigenvalue weighted by atomic mass is 16.5. The Hall–Kier alpha value is -2.48. The zero-order valence-corrected chi connectivity index (χ0v) is 10.7. The van der Waals surface area contributed by atoms with Gasteiger partial charge in [0.1, 0.15) is 17.6 Å². The van der Waals surface area contributed by atoms with Crippen molar-refractivity contribution in [2.45, 2.75) is 13.1 Å². The minimum absolute atomic E-state index is 0.667. The normalized spacial score (nSPS) is 13.8. The fourth-order valence-corrected chi connectivity index (χ4v) is 2.37. The fraction of sp³-hybridized carbons (Fsp3) is 0.286. The van der Waals surface area contributed by atoms with Crippen molar-refractivity contribution in [3.63, 3.8) is 0 Å². The predicted octanol–water partition coefficient (Wildman–Crippen LogP) is 1.78. The number of ether oxygens (including phenoxy) is 1. The molecule has 5 heteroatoms. The molecule has 1 aromatic carbocycles. The average Bonchev–Trinajstić information content (AvgIpc) is 2.93. The Labute approximate surface area is 111 Å². The van der Waals surface area contributed by atoms with Gasteiger partial charge in [-0.3, -0.25) is 0 Å². The van der Waals surface area contributed by atoms with Crippen molar-refractivity contribution >= 4 is 5.69 Å². The number of rotatable bonds is 2. The van der Waals surface area contributed by atoms with Gasteiger partial charge in [0.2, 0.25) is 0 Å². The minimum atomic E-state index is 0.667. The van der Waals surface area contributed by atoms with Crippen LogP contribution >= 0.6 is 0 Å². The number of nitriles is 1. The summed E-state index contributed by atoms with van der Waals surface area (Å²) in [7, 11) is 1.63. The second kappa shape index (κ2) is 4.65.